The molecule has 2 aliphatic rings. The molecule has 0 bridgehead atoms. The average Bonchev–Trinajstić information content (AvgIpc) is 3.90. The van der Waals surface area contributed by atoms with Crippen LogP contribution < -0.4 is 20.2 Å². The fourth-order valence-corrected chi connectivity index (χ4v) is 6.68. The van der Waals surface area contributed by atoms with E-state index in [2.05, 4.69) is 49.2 Å². The second-order valence-corrected chi connectivity index (χ2v) is 13.1. The zero-order valence-electron chi connectivity index (χ0n) is 27.4. The normalized spacial score (nSPS) is 20.1. The summed E-state index contributed by atoms with van der Waals surface area (Å²) < 4.78 is 23.6. The van der Waals surface area contributed by atoms with Gasteiger partial charge < -0.3 is 24.0 Å². The van der Waals surface area contributed by atoms with E-state index in [0.29, 0.717) is 28.8 Å². The molecule has 0 N–H and O–H groups in total. The van der Waals surface area contributed by atoms with Gasteiger partial charge in [0, 0.05) is 43.1 Å². The minimum absolute atomic E-state index is 0.0642. The summed E-state index contributed by atoms with van der Waals surface area (Å²) >= 11 is 12.9. The molecule has 3 aromatic carbocycles. The van der Waals surface area contributed by atoms with Gasteiger partial charge in [-0.05, 0) is 67.9 Å². The topological polar surface area (TPSA) is 105 Å². The molecule has 0 radical (unpaired) electrons. The maximum absolute atomic E-state index is 12.8. The van der Waals surface area contributed by atoms with Crippen LogP contribution in [0.3, 0.4) is 0 Å². The number of ether oxygens (including phenoxy) is 3. The summed E-state index contributed by atoms with van der Waals surface area (Å²) in [5, 5.41) is 9.32. The van der Waals surface area contributed by atoms with Gasteiger partial charge in [0.2, 0.25) is 5.79 Å². The van der Waals surface area contributed by atoms with Crippen LogP contribution in [0.4, 0.5) is 11.4 Å². The maximum Gasteiger partial charge on any atom is 0.350 e. The van der Waals surface area contributed by atoms with Crippen LogP contribution in [0, 0.1) is 0 Å². The maximum atomic E-state index is 12.8. The van der Waals surface area contributed by atoms with Crippen molar-refractivity contribution in [2.24, 2.45) is 0 Å². The molecule has 2 saturated heterocycles. The lowest BCUT2D eigenvalue weighted by Gasteiger charge is -2.37. The lowest BCUT2D eigenvalue weighted by molar-refractivity contribution is -0.190. The molecule has 4 heterocycles. The Morgan fingerprint density at radius 3 is 2.24 bits per heavy atom. The van der Waals surface area contributed by atoms with Crippen molar-refractivity contribution in [2.75, 3.05) is 49.2 Å². The number of aromatic nitrogens is 6. The number of halogens is 2. The Bertz CT molecular complexity index is 1910. The lowest BCUT2D eigenvalue weighted by atomic mass is 10.1. The molecular formula is C35H38Cl2N8O4. The molecule has 3 atom stereocenters. The number of nitrogens with zero attached hydrogens (tertiary/aromatic N) is 8. The van der Waals surface area contributed by atoms with E-state index in [1.807, 2.05) is 50.2 Å². The lowest BCUT2D eigenvalue weighted by Crippen LogP contribution is -2.46. The minimum atomic E-state index is -1.19. The van der Waals surface area contributed by atoms with Gasteiger partial charge in [0.15, 0.2) is 0 Å². The predicted octanol–water partition coefficient (Wildman–Crippen LogP) is 5.58. The highest BCUT2D eigenvalue weighted by molar-refractivity contribution is 6.42. The van der Waals surface area contributed by atoms with E-state index in [1.54, 1.807) is 28.0 Å². The third kappa shape index (κ3) is 6.91. The molecule has 0 amide bonds. The molecule has 2 aliphatic heterocycles. The van der Waals surface area contributed by atoms with Crippen LogP contribution in [0.25, 0.3) is 5.69 Å². The molecular weight excluding hydrogens is 667 g/mol. The van der Waals surface area contributed by atoms with Gasteiger partial charge >= 0.3 is 5.69 Å². The standard InChI is InChI=1S/C35H38Cl2N8O4/c1-3-25(2)45-34(46)44(24-40-45)28-9-7-26(8-10-28)41-15-17-42(18-16-41)27-11-13-29(14-12-27)47-19-30-20-48-35(49-30,21-43-23-38-22-39-43)31-5-4-6-32(36)33(31)37/h4-14,22-25,30H,3,15-21H2,1-2H3. The van der Waals surface area contributed by atoms with Crippen molar-refractivity contribution in [1.82, 2.24) is 29.1 Å². The number of benzene rings is 3. The molecule has 0 spiro atoms. The van der Waals surface area contributed by atoms with Gasteiger partial charge in [-0.1, -0.05) is 42.3 Å². The number of anilines is 2. The third-order valence-corrected chi connectivity index (χ3v) is 9.99. The fourth-order valence-electron chi connectivity index (χ4n) is 6.24. The summed E-state index contributed by atoms with van der Waals surface area (Å²) in [7, 11) is 0. The predicted molar refractivity (Wildman–Crippen MR) is 188 cm³/mol. The van der Waals surface area contributed by atoms with Crippen LogP contribution in [-0.4, -0.2) is 74.6 Å². The number of hydrogen-bond donors (Lipinski definition) is 0. The summed E-state index contributed by atoms with van der Waals surface area (Å²) in [4.78, 5) is 21.6. The molecule has 3 unspecified atom stereocenters. The Kier molecular flexibility index (Phi) is 9.64. The van der Waals surface area contributed by atoms with Crippen molar-refractivity contribution in [3.8, 4) is 11.4 Å². The van der Waals surface area contributed by atoms with E-state index < -0.39 is 5.79 Å². The molecule has 256 valence electrons. The van der Waals surface area contributed by atoms with Gasteiger partial charge in [0.05, 0.1) is 28.4 Å². The van der Waals surface area contributed by atoms with Crippen molar-refractivity contribution in [1.29, 1.82) is 0 Å². The van der Waals surface area contributed by atoms with Gasteiger partial charge in [0.25, 0.3) is 0 Å². The quantitative estimate of drug-likeness (QED) is 0.174. The van der Waals surface area contributed by atoms with Gasteiger partial charge in [-0.25, -0.2) is 23.7 Å². The second kappa shape index (κ2) is 14.2. The fraction of sp³-hybridized carbons (Fsp3) is 0.371. The van der Waals surface area contributed by atoms with E-state index in [9.17, 15) is 4.79 Å². The van der Waals surface area contributed by atoms with Crippen molar-refractivity contribution in [3.63, 3.8) is 0 Å². The van der Waals surface area contributed by atoms with E-state index >= 15 is 0 Å². The van der Waals surface area contributed by atoms with Crippen molar-refractivity contribution in [3.05, 3.63) is 112 Å². The summed E-state index contributed by atoms with van der Waals surface area (Å²) in [5.74, 6) is -0.441. The Morgan fingerprint density at radius 2 is 1.59 bits per heavy atom. The van der Waals surface area contributed by atoms with Crippen LogP contribution in [0.2, 0.25) is 10.0 Å². The van der Waals surface area contributed by atoms with Gasteiger partial charge in [-0.15, -0.1) is 0 Å². The molecule has 49 heavy (non-hydrogen) atoms. The van der Waals surface area contributed by atoms with E-state index in [1.165, 1.54) is 11.0 Å². The van der Waals surface area contributed by atoms with E-state index in [4.69, 9.17) is 37.4 Å². The smallest absolute Gasteiger partial charge is 0.350 e. The highest BCUT2D eigenvalue weighted by Gasteiger charge is 2.46. The SMILES string of the molecule is CCC(C)n1ncn(-c2ccc(N3CCN(c4ccc(OCC5COC(Cn6cncn6)(c6cccc(Cl)c6Cl)O5)cc4)CC3)cc2)c1=O. The first kappa shape index (κ1) is 33.2. The third-order valence-electron chi connectivity index (χ3n) is 9.17. The molecule has 12 nitrogen and oxygen atoms in total. The van der Waals surface area contributed by atoms with Crippen molar-refractivity contribution >= 4 is 34.6 Å². The second-order valence-electron chi connectivity index (χ2n) is 12.3. The summed E-state index contributed by atoms with van der Waals surface area (Å²) in [6.45, 7) is 8.44. The van der Waals surface area contributed by atoms with Crippen LogP contribution >= 0.6 is 23.2 Å². The minimum Gasteiger partial charge on any atom is -0.491 e. The highest BCUT2D eigenvalue weighted by Crippen LogP contribution is 2.42. The van der Waals surface area contributed by atoms with Gasteiger partial charge in [0.1, 0.15) is 44.0 Å². The number of rotatable bonds is 11. The molecule has 0 aliphatic carbocycles. The molecule has 0 saturated carbocycles. The first-order chi connectivity index (χ1) is 23.8. The highest BCUT2D eigenvalue weighted by atomic mass is 35.5. The van der Waals surface area contributed by atoms with Gasteiger partial charge in [-0.3, -0.25) is 0 Å². The Balaban J connectivity index is 0.927. The zero-order valence-corrected chi connectivity index (χ0v) is 28.9. The average molecular weight is 706 g/mol. The summed E-state index contributed by atoms with van der Waals surface area (Å²) in [6, 6.07) is 21.7. The first-order valence-electron chi connectivity index (χ1n) is 16.4. The largest absolute Gasteiger partial charge is 0.491 e. The van der Waals surface area contributed by atoms with Crippen molar-refractivity contribution < 1.29 is 14.2 Å². The van der Waals surface area contributed by atoms with Crippen LogP contribution in [0.5, 0.6) is 5.75 Å². The van der Waals surface area contributed by atoms with Crippen LogP contribution in [-0.2, 0) is 21.8 Å². The Morgan fingerprint density at radius 1 is 0.918 bits per heavy atom. The first-order valence-corrected chi connectivity index (χ1v) is 17.2. The Hall–Kier alpha value is -4.36. The van der Waals surface area contributed by atoms with Crippen LogP contribution in [0.1, 0.15) is 31.9 Å². The number of piperazine rings is 1. The summed E-state index contributed by atoms with van der Waals surface area (Å²) in [6.07, 6.45) is 5.17. The Labute approximate surface area is 294 Å². The molecule has 7 rings (SSSR count). The van der Waals surface area contributed by atoms with Gasteiger partial charge in [-0.2, -0.15) is 10.2 Å². The number of hydrogen-bond acceptors (Lipinski definition) is 9. The van der Waals surface area contributed by atoms with Crippen LogP contribution in [0.15, 0.2) is 90.5 Å². The van der Waals surface area contributed by atoms with Crippen molar-refractivity contribution in [2.45, 2.75) is 44.7 Å². The molecule has 5 aromatic rings. The van der Waals surface area contributed by atoms with E-state index in [0.717, 1.165) is 55.4 Å². The molecule has 2 fully saturated rings. The van der Waals surface area contributed by atoms with E-state index in [-0.39, 0.29) is 24.4 Å². The summed E-state index contributed by atoms with van der Waals surface area (Å²) in [5.41, 5.74) is 3.60. The molecule has 2 aromatic heterocycles. The monoisotopic (exact) mass is 704 g/mol. The molecule has 14 heteroatoms. The zero-order chi connectivity index (χ0) is 34.0.